The zero-order valence-electron chi connectivity index (χ0n) is 11.9. The minimum absolute atomic E-state index is 0.0749. The monoisotopic (exact) mass is 308 g/mol. The molecule has 7 heteroatoms. The van der Waals surface area contributed by atoms with Crippen molar-refractivity contribution in [3.63, 3.8) is 0 Å². The number of hydrogen-bond acceptors (Lipinski definition) is 4. The summed E-state index contributed by atoms with van der Waals surface area (Å²) >= 11 is 0. The fourth-order valence-electron chi connectivity index (χ4n) is 2.01. The summed E-state index contributed by atoms with van der Waals surface area (Å²) in [5.41, 5.74) is 6.72. The Morgan fingerprint density at radius 1 is 1.33 bits per heavy atom. The zero-order valence-corrected chi connectivity index (χ0v) is 12.7. The molecule has 1 aromatic heterocycles. The van der Waals surface area contributed by atoms with Crippen molar-refractivity contribution in [3.8, 4) is 0 Å². The lowest BCUT2D eigenvalue weighted by molar-refractivity contribution is 0.545. The lowest BCUT2D eigenvalue weighted by atomic mass is 10.1. The Balaban J connectivity index is 2.10. The van der Waals surface area contributed by atoms with Crippen molar-refractivity contribution < 1.29 is 8.42 Å². The Labute approximate surface area is 124 Å². The minimum Gasteiger partial charge on any atom is -0.332 e. The molecule has 1 heterocycles. The van der Waals surface area contributed by atoms with Crippen LogP contribution in [-0.4, -0.2) is 31.0 Å². The molecule has 0 aliphatic heterocycles. The topological polar surface area (TPSA) is 101 Å². The predicted molar refractivity (Wildman–Crippen MR) is 81.3 cm³/mol. The molecule has 0 bridgehead atoms. The number of sulfonamides is 1. The fraction of sp³-hybridized carbons (Fsp3) is 0.357. The van der Waals surface area contributed by atoms with Crippen LogP contribution in [0, 0.1) is 0 Å². The number of nitrogens with one attached hydrogen (secondary N) is 2. The van der Waals surface area contributed by atoms with Gasteiger partial charge in [0.25, 0.3) is 10.0 Å². The molecular weight excluding hydrogens is 288 g/mol. The van der Waals surface area contributed by atoms with Crippen molar-refractivity contribution in [1.29, 1.82) is 0 Å². The quantitative estimate of drug-likeness (QED) is 0.705. The van der Waals surface area contributed by atoms with Crippen molar-refractivity contribution in [1.82, 2.24) is 14.7 Å². The summed E-state index contributed by atoms with van der Waals surface area (Å²) in [7, 11) is -3.63. The first-order valence-corrected chi connectivity index (χ1v) is 8.33. The normalized spacial score (nSPS) is 13.2. The number of rotatable bonds is 7. The van der Waals surface area contributed by atoms with Gasteiger partial charge in [-0.2, -0.15) is 0 Å². The second kappa shape index (κ2) is 6.84. The van der Waals surface area contributed by atoms with Gasteiger partial charge in [-0.15, -0.1) is 0 Å². The van der Waals surface area contributed by atoms with Gasteiger partial charge in [-0.25, -0.2) is 18.1 Å². The second-order valence-corrected chi connectivity index (χ2v) is 6.47. The average molecular weight is 308 g/mol. The predicted octanol–water partition coefficient (Wildman–Crippen LogP) is 0.820. The van der Waals surface area contributed by atoms with Gasteiger partial charge in [0.1, 0.15) is 5.82 Å². The Morgan fingerprint density at radius 3 is 2.62 bits per heavy atom. The lowest BCUT2D eigenvalue weighted by Crippen LogP contribution is -2.41. The molecule has 0 amide bonds. The number of nitrogens with zero attached hydrogens (tertiary/aromatic N) is 1. The van der Waals surface area contributed by atoms with Crippen molar-refractivity contribution >= 4 is 10.0 Å². The van der Waals surface area contributed by atoms with Crippen LogP contribution < -0.4 is 10.5 Å². The van der Waals surface area contributed by atoms with Gasteiger partial charge >= 0.3 is 0 Å². The molecule has 114 valence electrons. The first-order valence-electron chi connectivity index (χ1n) is 6.85. The number of aromatic amines is 1. The Morgan fingerprint density at radius 2 is 2.05 bits per heavy atom. The van der Waals surface area contributed by atoms with E-state index >= 15 is 0 Å². The molecule has 2 aromatic rings. The Kier molecular flexibility index (Phi) is 5.11. The highest BCUT2D eigenvalue weighted by Crippen LogP contribution is 2.09. The van der Waals surface area contributed by atoms with Crippen molar-refractivity contribution in [2.75, 3.05) is 6.54 Å². The highest BCUT2D eigenvalue weighted by molar-refractivity contribution is 7.89. The summed E-state index contributed by atoms with van der Waals surface area (Å²) in [4.78, 5) is 6.81. The number of imidazole rings is 1. The number of aryl methyl sites for hydroxylation is 1. The molecular formula is C14H20N4O2S. The number of aromatic nitrogens is 2. The maximum atomic E-state index is 12.3. The van der Waals surface area contributed by atoms with Crippen LogP contribution in [0.25, 0.3) is 0 Å². The first kappa shape index (κ1) is 15.7. The van der Waals surface area contributed by atoms with E-state index in [2.05, 4.69) is 14.7 Å². The standard InChI is InChI=1S/C14H20N4O2S/c1-2-13-16-10-14(17-13)21(19,20)18-12(9-15)8-11-6-4-3-5-7-11/h3-7,10,12,18H,2,8-9,15H2,1H3,(H,16,17). The van der Waals surface area contributed by atoms with E-state index in [0.717, 1.165) is 5.56 Å². The summed E-state index contributed by atoms with van der Waals surface area (Å²) in [6.07, 6.45) is 2.53. The molecule has 2 rings (SSSR count). The molecule has 1 unspecified atom stereocenters. The van der Waals surface area contributed by atoms with Crippen LogP contribution in [0.1, 0.15) is 18.3 Å². The van der Waals surface area contributed by atoms with Crippen LogP contribution in [0.5, 0.6) is 0 Å². The molecule has 21 heavy (non-hydrogen) atoms. The van der Waals surface area contributed by atoms with Gasteiger partial charge in [0.2, 0.25) is 0 Å². The van der Waals surface area contributed by atoms with E-state index in [1.165, 1.54) is 6.20 Å². The third-order valence-electron chi connectivity index (χ3n) is 3.16. The molecule has 0 aliphatic rings. The van der Waals surface area contributed by atoms with Crippen LogP contribution in [0.4, 0.5) is 0 Å². The van der Waals surface area contributed by atoms with E-state index in [0.29, 0.717) is 18.7 Å². The SMILES string of the molecule is CCc1ncc(S(=O)(=O)NC(CN)Cc2ccccc2)[nH]1. The summed E-state index contributed by atoms with van der Waals surface area (Å²) in [5.74, 6) is 0.641. The third kappa shape index (κ3) is 4.13. The zero-order chi connectivity index (χ0) is 15.3. The minimum atomic E-state index is -3.63. The molecule has 1 aromatic carbocycles. The molecule has 6 nitrogen and oxygen atoms in total. The van der Waals surface area contributed by atoms with Gasteiger partial charge in [0.15, 0.2) is 5.03 Å². The summed E-state index contributed by atoms with van der Waals surface area (Å²) in [5, 5.41) is 0.0749. The van der Waals surface area contributed by atoms with E-state index in [-0.39, 0.29) is 17.6 Å². The van der Waals surface area contributed by atoms with Gasteiger partial charge in [-0.05, 0) is 12.0 Å². The van der Waals surface area contributed by atoms with Crippen LogP contribution in [0.15, 0.2) is 41.6 Å². The van der Waals surface area contributed by atoms with Gasteiger partial charge < -0.3 is 10.7 Å². The average Bonchev–Trinajstić information content (AvgIpc) is 2.97. The van der Waals surface area contributed by atoms with Gasteiger partial charge in [0, 0.05) is 19.0 Å². The van der Waals surface area contributed by atoms with Crippen molar-refractivity contribution in [2.45, 2.75) is 30.8 Å². The van der Waals surface area contributed by atoms with Crippen LogP contribution in [0.3, 0.4) is 0 Å². The highest BCUT2D eigenvalue weighted by Gasteiger charge is 2.21. The molecule has 1 atom stereocenters. The molecule has 0 spiro atoms. The second-order valence-electron chi connectivity index (χ2n) is 4.79. The molecule has 4 N–H and O–H groups in total. The molecule has 0 saturated heterocycles. The molecule has 0 fully saturated rings. The van der Waals surface area contributed by atoms with E-state index in [1.807, 2.05) is 37.3 Å². The number of nitrogens with two attached hydrogens (primary N) is 1. The number of hydrogen-bond donors (Lipinski definition) is 3. The highest BCUT2D eigenvalue weighted by atomic mass is 32.2. The number of H-pyrrole nitrogens is 1. The van der Waals surface area contributed by atoms with Crippen LogP contribution in [0.2, 0.25) is 0 Å². The van der Waals surface area contributed by atoms with Gasteiger partial charge in [-0.3, -0.25) is 0 Å². The molecule has 0 saturated carbocycles. The summed E-state index contributed by atoms with van der Waals surface area (Å²) in [6.45, 7) is 2.13. The first-order chi connectivity index (χ1) is 10.0. The van der Waals surface area contributed by atoms with Crippen LogP contribution in [-0.2, 0) is 22.9 Å². The van der Waals surface area contributed by atoms with Crippen LogP contribution >= 0.6 is 0 Å². The summed E-state index contributed by atoms with van der Waals surface area (Å²) in [6, 6.07) is 9.29. The number of benzene rings is 1. The van der Waals surface area contributed by atoms with Crippen molar-refractivity contribution in [3.05, 3.63) is 47.9 Å². The van der Waals surface area contributed by atoms with E-state index in [9.17, 15) is 8.42 Å². The van der Waals surface area contributed by atoms with Crippen molar-refractivity contribution in [2.24, 2.45) is 5.73 Å². The Hall–Kier alpha value is -1.70. The maximum absolute atomic E-state index is 12.3. The largest absolute Gasteiger partial charge is 0.332 e. The van der Waals surface area contributed by atoms with E-state index < -0.39 is 10.0 Å². The lowest BCUT2D eigenvalue weighted by Gasteiger charge is -2.16. The van der Waals surface area contributed by atoms with Gasteiger partial charge in [0.05, 0.1) is 6.20 Å². The van der Waals surface area contributed by atoms with E-state index in [1.54, 1.807) is 0 Å². The smallest absolute Gasteiger partial charge is 0.257 e. The third-order valence-corrected chi connectivity index (χ3v) is 4.59. The maximum Gasteiger partial charge on any atom is 0.257 e. The van der Waals surface area contributed by atoms with E-state index in [4.69, 9.17) is 5.73 Å². The van der Waals surface area contributed by atoms with Gasteiger partial charge in [-0.1, -0.05) is 37.3 Å². The Bertz CT molecular complexity index is 667. The molecule has 0 radical (unpaired) electrons. The molecule has 0 aliphatic carbocycles. The summed E-state index contributed by atoms with van der Waals surface area (Å²) < 4.78 is 27.2. The fourth-order valence-corrected chi connectivity index (χ4v) is 3.20.